The second kappa shape index (κ2) is 4.38. The van der Waals surface area contributed by atoms with Crippen LogP contribution in [0.25, 0.3) is 0 Å². The molecule has 0 spiro atoms. The van der Waals surface area contributed by atoms with Gasteiger partial charge < -0.3 is 0 Å². The summed E-state index contributed by atoms with van der Waals surface area (Å²) in [7, 11) is -2.20. The molecule has 1 saturated carbocycles. The first-order valence-electron chi connectivity index (χ1n) is 5.67. The van der Waals surface area contributed by atoms with Crippen LogP contribution in [0.5, 0.6) is 0 Å². The Labute approximate surface area is 101 Å². The van der Waals surface area contributed by atoms with E-state index in [9.17, 15) is 12.8 Å². The van der Waals surface area contributed by atoms with Crippen molar-refractivity contribution < 1.29 is 12.8 Å². The van der Waals surface area contributed by atoms with Crippen LogP contribution in [0.15, 0.2) is 29.2 Å². The van der Waals surface area contributed by atoms with Gasteiger partial charge >= 0.3 is 0 Å². The molecule has 94 valence electrons. The van der Waals surface area contributed by atoms with Crippen LogP contribution in [0.2, 0.25) is 0 Å². The lowest BCUT2D eigenvalue weighted by Gasteiger charge is -2.24. The molecule has 1 unspecified atom stereocenters. The summed E-state index contributed by atoms with van der Waals surface area (Å²) in [6.45, 7) is 1.87. The second-order valence-electron chi connectivity index (χ2n) is 4.53. The Kier molecular flexibility index (Phi) is 3.23. The van der Waals surface area contributed by atoms with Crippen LogP contribution in [0, 0.1) is 11.7 Å². The van der Waals surface area contributed by atoms with E-state index in [0.29, 0.717) is 5.92 Å². The average Bonchev–Trinajstić information content (AvgIpc) is 3.11. The first-order chi connectivity index (χ1) is 7.94. The van der Waals surface area contributed by atoms with Gasteiger partial charge in [0, 0.05) is 13.1 Å². The van der Waals surface area contributed by atoms with Gasteiger partial charge in [0.15, 0.2) is 0 Å². The molecular weight excluding hydrogens is 241 g/mol. The van der Waals surface area contributed by atoms with Crippen LogP contribution in [-0.2, 0) is 10.0 Å². The fourth-order valence-electron chi connectivity index (χ4n) is 1.90. The molecule has 5 heteroatoms. The minimum Gasteiger partial charge on any atom is -0.207 e. The third-order valence-corrected chi connectivity index (χ3v) is 5.35. The smallest absolute Gasteiger partial charge is 0.207 e. The number of nitrogens with zero attached hydrogens (tertiary/aromatic N) is 1. The van der Waals surface area contributed by atoms with E-state index >= 15 is 0 Å². The maximum Gasteiger partial charge on any atom is 0.245 e. The molecule has 1 fully saturated rings. The van der Waals surface area contributed by atoms with E-state index < -0.39 is 15.8 Å². The molecular formula is C12H16FNO2S. The summed E-state index contributed by atoms with van der Waals surface area (Å²) in [6, 6.07) is 5.42. The van der Waals surface area contributed by atoms with Crippen molar-refractivity contribution in [2.75, 3.05) is 7.05 Å². The normalized spacial score (nSPS) is 18.4. The van der Waals surface area contributed by atoms with Crippen molar-refractivity contribution >= 4 is 10.0 Å². The fraction of sp³-hybridized carbons (Fsp3) is 0.500. The Bertz CT molecular complexity index is 511. The maximum atomic E-state index is 13.5. The number of sulfonamides is 1. The highest BCUT2D eigenvalue weighted by Gasteiger charge is 2.36. The summed E-state index contributed by atoms with van der Waals surface area (Å²) >= 11 is 0. The Balaban J connectivity index is 2.32. The van der Waals surface area contributed by atoms with E-state index in [-0.39, 0.29) is 10.9 Å². The van der Waals surface area contributed by atoms with Crippen molar-refractivity contribution in [3.63, 3.8) is 0 Å². The van der Waals surface area contributed by atoms with E-state index in [4.69, 9.17) is 0 Å². The summed E-state index contributed by atoms with van der Waals surface area (Å²) in [5.41, 5.74) is 0. The van der Waals surface area contributed by atoms with Crippen molar-refractivity contribution in [2.45, 2.75) is 30.7 Å². The van der Waals surface area contributed by atoms with Crippen molar-refractivity contribution in [1.82, 2.24) is 4.31 Å². The molecule has 0 heterocycles. The molecule has 0 aromatic heterocycles. The van der Waals surface area contributed by atoms with E-state index in [0.717, 1.165) is 12.8 Å². The van der Waals surface area contributed by atoms with Crippen LogP contribution in [-0.4, -0.2) is 25.8 Å². The second-order valence-corrected chi connectivity index (χ2v) is 6.50. The van der Waals surface area contributed by atoms with Gasteiger partial charge in [0.1, 0.15) is 10.7 Å². The molecule has 0 radical (unpaired) electrons. The zero-order valence-corrected chi connectivity index (χ0v) is 10.7. The van der Waals surface area contributed by atoms with E-state index in [1.807, 2.05) is 6.92 Å². The van der Waals surface area contributed by atoms with Crippen LogP contribution in [0.3, 0.4) is 0 Å². The summed E-state index contributed by atoms with van der Waals surface area (Å²) in [5, 5.41) is 0. The largest absolute Gasteiger partial charge is 0.245 e. The molecule has 1 aliphatic carbocycles. The highest BCUT2D eigenvalue weighted by Crippen LogP contribution is 2.36. The van der Waals surface area contributed by atoms with Gasteiger partial charge in [-0.15, -0.1) is 0 Å². The van der Waals surface area contributed by atoms with Gasteiger partial charge in [-0.2, -0.15) is 4.31 Å². The number of hydrogen-bond donors (Lipinski definition) is 0. The van der Waals surface area contributed by atoms with Crippen LogP contribution in [0.1, 0.15) is 19.8 Å². The van der Waals surface area contributed by atoms with E-state index in [1.165, 1.54) is 35.6 Å². The van der Waals surface area contributed by atoms with Crippen molar-refractivity contribution in [3.8, 4) is 0 Å². The van der Waals surface area contributed by atoms with Gasteiger partial charge in [0.05, 0.1) is 0 Å². The monoisotopic (exact) mass is 257 g/mol. The summed E-state index contributed by atoms with van der Waals surface area (Å²) in [5.74, 6) is -0.274. The molecule has 3 nitrogen and oxygen atoms in total. The molecule has 1 aliphatic rings. The Morgan fingerprint density at radius 1 is 1.35 bits per heavy atom. The quantitative estimate of drug-likeness (QED) is 0.829. The van der Waals surface area contributed by atoms with Crippen molar-refractivity contribution in [1.29, 1.82) is 0 Å². The third kappa shape index (κ3) is 2.35. The zero-order valence-electron chi connectivity index (χ0n) is 9.93. The first kappa shape index (κ1) is 12.5. The van der Waals surface area contributed by atoms with Gasteiger partial charge in [-0.05, 0) is 37.8 Å². The minimum absolute atomic E-state index is 0.0698. The summed E-state index contributed by atoms with van der Waals surface area (Å²) < 4.78 is 39.2. The fourth-order valence-corrected chi connectivity index (χ4v) is 3.39. The number of benzene rings is 1. The number of rotatable bonds is 4. The standard InChI is InChI=1S/C12H16FNO2S/c1-9(10-7-8-10)14(2)17(15,16)12-6-4-3-5-11(12)13/h3-6,9-10H,7-8H2,1-2H3. The molecule has 0 amide bonds. The van der Waals surface area contributed by atoms with Crippen molar-refractivity contribution in [2.24, 2.45) is 5.92 Å². The van der Waals surface area contributed by atoms with Crippen LogP contribution in [0.4, 0.5) is 4.39 Å². The van der Waals surface area contributed by atoms with Gasteiger partial charge in [-0.1, -0.05) is 12.1 Å². The molecule has 2 rings (SSSR count). The van der Waals surface area contributed by atoms with Gasteiger partial charge in [-0.25, -0.2) is 12.8 Å². The Morgan fingerprint density at radius 2 is 1.94 bits per heavy atom. The Hall–Kier alpha value is -0.940. The van der Waals surface area contributed by atoms with Gasteiger partial charge in [-0.3, -0.25) is 0 Å². The SMILES string of the molecule is CC(C1CC1)N(C)S(=O)(=O)c1ccccc1F. The predicted molar refractivity (Wildman–Crippen MR) is 63.5 cm³/mol. The highest BCUT2D eigenvalue weighted by atomic mass is 32.2. The maximum absolute atomic E-state index is 13.5. The van der Waals surface area contributed by atoms with E-state index in [1.54, 1.807) is 0 Å². The molecule has 0 saturated heterocycles. The molecule has 17 heavy (non-hydrogen) atoms. The van der Waals surface area contributed by atoms with Crippen molar-refractivity contribution in [3.05, 3.63) is 30.1 Å². The van der Waals surface area contributed by atoms with E-state index in [2.05, 4.69) is 0 Å². The van der Waals surface area contributed by atoms with Gasteiger partial charge in [0.2, 0.25) is 10.0 Å². The molecule has 1 aromatic rings. The molecule has 1 atom stereocenters. The third-order valence-electron chi connectivity index (χ3n) is 3.37. The number of halogens is 1. The highest BCUT2D eigenvalue weighted by molar-refractivity contribution is 7.89. The predicted octanol–water partition coefficient (Wildman–Crippen LogP) is 2.24. The Morgan fingerprint density at radius 3 is 2.47 bits per heavy atom. The topological polar surface area (TPSA) is 37.4 Å². The average molecular weight is 257 g/mol. The molecule has 0 aliphatic heterocycles. The lowest BCUT2D eigenvalue weighted by Crippen LogP contribution is -2.36. The van der Waals surface area contributed by atoms with Crippen LogP contribution >= 0.6 is 0 Å². The van der Waals surface area contributed by atoms with Crippen LogP contribution < -0.4 is 0 Å². The first-order valence-corrected chi connectivity index (χ1v) is 7.11. The zero-order chi connectivity index (χ0) is 12.6. The molecule has 0 N–H and O–H groups in total. The summed E-state index contributed by atoms with van der Waals surface area (Å²) in [4.78, 5) is -0.241. The van der Waals surface area contributed by atoms with Gasteiger partial charge in [0.25, 0.3) is 0 Å². The lowest BCUT2D eigenvalue weighted by molar-refractivity contribution is 0.355. The molecule has 1 aromatic carbocycles. The number of hydrogen-bond acceptors (Lipinski definition) is 2. The lowest BCUT2D eigenvalue weighted by atomic mass is 10.2. The minimum atomic E-state index is -3.72. The summed E-state index contributed by atoms with van der Waals surface area (Å²) in [6.07, 6.45) is 2.11. The molecule has 0 bridgehead atoms.